The van der Waals surface area contributed by atoms with Gasteiger partial charge in [0, 0.05) is 39.7 Å². The fourth-order valence-corrected chi connectivity index (χ4v) is 11.9. The molecule has 2 saturated carbocycles. The molecule has 4 heterocycles. The molecule has 294 valence electrons. The Morgan fingerprint density at radius 3 is 2.36 bits per heavy atom. The van der Waals surface area contributed by atoms with Gasteiger partial charge in [-0.15, -0.1) is 0 Å². The van der Waals surface area contributed by atoms with E-state index in [9.17, 15) is 19.8 Å². The van der Waals surface area contributed by atoms with E-state index in [4.69, 9.17) is 32.8 Å². The van der Waals surface area contributed by atoms with Gasteiger partial charge in [0.2, 0.25) is 5.78 Å². The molecule has 1 saturated heterocycles. The second-order valence-electron chi connectivity index (χ2n) is 17.4. The number of fused-ring (bicyclic) bond motifs is 7. The van der Waals surface area contributed by atoms with Gasteiger partial charge in [0.15, 0.2) is 29.6 Å². The van der Waals surface area contributed by atoms with Gasteiger partial charge < -0.3 is 43.1 Å². The lowest BCUT2D eigenvalue weighted by Gasteiger charge is -2.62. The summed E-state index contributed by atoms with van der Waals surface area (Å²) in [7, 11) is 4.71. The summed E-state index contributed by atoms with van der Waals surface area (Å²) in [5.74, 6) is 1.03. The minimum absolute atomic E-state index is 0.00527. The number of carbonyl (C=O) groups excluding carboxylic acids is 2. The number of ether oxygens (including phenoxy) is 6. The lowest BCUT2D eigenvalue weighted by atomic mass is 9.39. The van der Waals surface area contributed by atoms with Gasteiger partial charge in [-0.25, -0.2) is 0 Å². The molecule has 4 aliphatic carbocycles. The molecule has 11 heteroatoms. The molecule has 2 aromatic carbocycles. The maximum Gasteiger partial charge on any atom is 0.270 e. The number of furan rings is 1. The zero-order valence-electron chi connectivity index (χ0n) is 33.0. The Bertz CT molecular complexity index is 2280. The van der Waals surface area contributed by atoms with Crippen molar-refractivity contribution in [1.82, 2.24) is 0 Å². The quantitative estimate of drug-likeness (QED) is 0.253. The van der Waals surface area contributed by atoms with Gasteiger partial charge in [-0.2, -0.15) is 0 Å². The highest BCUT2D eigenvalue weighted by Crippen LogP contribution is 2.81. The van der Waals surface area contributed by atoms with Gasteiger partial charge in [0.05, 0.1) is 50.8 Å². The van der Waals surface area contributed by atoms with Crippen molar-refractivity contribution < 1.29 is 52.6 Å². The summed E-state index contributed by atoms with van der Waals surface area (Å²) in [5.41, 5.74) is 0.770. The highest BCUT2D eigenvalue weighted by Gasteiger charge is 2.87. The molecule has 3 aromatic rings. The molecule has 8 atom stereocenters. The Balaban J connectivity index is 0.000000150. The van der Waals surface area contributed by atoms with Gasteiger partial charge in [0.1, 0.15) is 22.8 Å². The van der Waals surface area contributed by atoms with Crippen LogP contribution in [0.5, 0.6) is 28.7 Å². The number of hydrogen-bond acceptors (Lipinski definition) is 11. The number of Topliss-reactive ketones (excluding diaryl/α,β-unsaturated/α-hetero) is 1. The molecular formula is C45H48O11. The molecule has 2 N–H and O–H groups in total. The molecule has 7 aliphatic rings. The molecule has 1 spiro atoms. The predicted octanol–water partition coefficient (Wildman–Crippen LogP) is 7.62. The van der Waals surface area contributed by atoms with Crippen LogP contribution in [0.3, 0.4) is 0 Å². The maximum absolute atomic E-state index is 14.0. The number of benzene rings is 2. The third-order valence-corrected chi connectivity index (χ3v) is 14.6. The monoisotopic (exact) mass is 764 g/mol. The number of allylic oxidation sites excluding steroid dienone is 4. The molecule has 11 nitrogen and oxygen atoms in total. The van der Waals surface area contributed by atoms with Gasteiger partial charge in [0.25, 0.3) is 5.79 Å². The second kappa shape index (κ2) is 11.8. The Hall–Kier alpha value is -5.00. The van der Waals surface area contributed by atoms with Gasteiger partial charge in [-0.05, 0) is 99.4 Å². The van der Waals surface area contributed by atoms with Crippen LogP contribution in [0.4, 0.5) is 0 Å². The SMILES string of the molecule is CC1(C)C(=O)C=CC2(C)C1=C(O)C(=O)C1(C)C2CCC2(C)C(c3ccoc3)CC3OC321.COc1ccc2c(c1)OC1(O)COc3cc(OC)c(OC)cc3C1=C2. The molecule has 0 bridgehead atoms. The van der Waals surface area contributed by atoms with Crippen molar-refractivity contribution in [2.24, 2.45) is 27.6 Å². The van der Waals surface area contributed by atoms with Crippen molar-refractivity contribution in [1.29, 1.82) is 0 Å². The Kier molecular flexibility index (Phi) is 7.70. The average molecular weight is 765 g/mol. The first-order chi connectivity index (χ1) is 26.5. The van der Waals surface area contributed by atoms with Crippen molar-refractivity contribution in [2.75, 3.05) is 27.9 Å². The largest absolute Gasteiger partial charge is 0.504 e. The van der Waals surface area contributed by atoms with E-state index in [1.54, 1.807) is 51.9 Å². The minimum Gasteiger partial charge on any atom is -0.504 e. The first-order valence-corrected chi connectivity index (χ1v) is 19.2. The average Bonchev–Trinajstić information content (AvgIpc) is 3.53. The normalized spacial score (nSPS) is 36.3. The van der Waals surface area contributed by atoms with E-state index in [2.05, 4.69) is 13.8 Å². The predicted molar refractivity (Wildman–Crippen MR) is 205 cm³/mol. The third kappa shape index (κ3) is 4.47. The molecule has 10 rings (SSSR count). The standard InChI is InChI=1S/C26H30O5.C19H18O6/c1-22(2)17(27)7-9-23(3)16-6-10-24(4)15(14-8-11-30-13-14)12-18-26(24,31-18)25(16,5)21(29)19(28)20(22)23;1-21-12-5-4-11-6-14-13-8-17(22-2)18(23-3)9-16(13)24-10-19(14,20)25-15(11)7-12/h7-9,11,13,15-16,18,28H,6,10,12H2,1-5H3;4-9,20H,10H2,1-3H3. The van der Waals surface area contributed by atoms with E-state index in [-0.39, 0.29) is 47.3 Å². The summed E-state index contributed by atoms with van der Waals surface area (Å²) >= 11 is 0. The Morgan fingerprint density at radius 2 is 1.66 bits per heavy atom. The van der Waals surface area contributed by atoms with E-state index in [0.29, 0.717) is 45.5 Å². The van der Waals surface area contributed by atoms with Crippen molar-refractivity contribution >= 4 is 23.2 Å². The topological polar surface area (TPSA) is 146 Å². The van der Waals surface area contributed by atoms with Crippen LogP contribution in [0.15, 0.2) is 76.8 Å². The highest BCUT2D eigenvalue weighted by molar-refractivity contribution is 6.06. The minimum atomic E-state index is -1.58. The molecule has 1 aromatic heterocycles. The zero-order valence-corrected chi connectivity index (χ0v) is 33.0. The van der Waals surface area contributed by atoms with E-state index in [1.807, 2.05) is 57.4 Å². The Labute approximate surface area is 325 Å². The smallest absolute Gasteiger partial charge is 0.270 e. The number of epoxide rings is 1. The number of aliphatic hydroxyl groups excluding tert-OH is 1. The fourth-order valence-electron chi connectivity index (χ4n) is 11.9. The van der Waals surface area contributed by atoms with Crippen molar-refractivity contribution in [3.05, 3.63) is 89.1 Å². The van der Waals surface area contributed by atoms with Crippen LogP contribution >= 0.6 is 0 Å². The van der Waals surface area contributed by atoms with Gasteiger partial charge in [-0.3, -0.25) is 9.59 Å². The number of ketones is 2. The number of carbonyl (C=O) groups is 2. The molecule has 0 radical (unpaired) electrons. The van der Waals surface area contributed by atoms with Crippen molar-refractivity contribution in [3.8, 4) is 28.7 Å². The zero-order chi connectivity index (χ0) is 39.8. The van der Waals surface area contributed by atoms with Crippen molar-refractivity contribution in [2.45, 2.75) is 77.3 Å². The van der Waals surface area contributed by atoms with Crippen LogP contribution < -0.4 is 23.7 Å². The highest BCUT2D eigenvalue weighted by atomic mass is 16.7. The Morgan fingerprint density at radius 1 is 0.911 bits per heavy atom. The van der Waals surface area contributed by atoms with Crippen LogP contribution in [0.2, 0.25) is 0 Å². The lowest BCUT2D eigenvalue weighted by Crippen LogP contribution is -2.66. The summed E-state index contributed by atoms with van der Waals surface area (Å²) in [6.45, 7) is 9.99. The number of aliphatic hydroxyl groups is 2. The first kappa shape index (κ1) is 36.6. The number of methoxy groups -OCH3 is 3. The number of rotatable bonds is 4. The van der Waals surface area contributed by atoms with E-state index in [0.717, 1.165) is 24.8 Å². The molecule has 56 heavy (non-hydrogen) atoms. The molecule has 0 amide bonds. The van der Waals surface area contributed by atoms with E-state index in [1.165, 1.54) is 5.56 Å². The lowest BCUT2D eigenvalue weighted by molar-refractivity contribution is -0.162. The number of hydrogen-bond donors (Lipinski definition) is 2. The second-order valence-corrected chi connectivity index (χ2v) is 17.4. The van der Waals surface area contributed by atoms with E-state index < -0.39 is 27.6 Å². The summed E-state index contributed by atoms with van der Waals surface area (Å²) in [6.07, 6.45) is 11.7. The molecule has 8 unspecified atom stereocenters. The van der Waals surface area contributed by atoms with Crippen LogP contribution in [0.1, 0.15) is 76.5 Å². The van der Waals surface area contributed by atoms with Crippen LogP contribution in [-0.4, -0.2) is 67.2 Å². The van der Waals surface area contributed by atoms with E-state index >= 15 is 0 Å². The summed E-state index contributed by atoms with van der Waals surface area (Å²) in [6, 6.07) is 11.0. The summed E-state index contributed by atoms with van der Waals surface area (Å²) in [4.78, 5) is 26.7. The first-order valence-electron chi connectivity index (χ1n) is 19.2. The molecule has 3 aliphatic heterocycles. The summed E-state index contributed by atoms with van der Waals surface area (Å²) in [5, 5.41) is 22.4. The molecule has 3 fully saturated rings. The van der Waals surface area contributed by atoms with Crippen LogP contribution in [-0.2, 0) is 14.3 Å². The van der Waals surface area contributed by atoms with Crippen molar-refractivity contribution in [3.63, 3.8) is 0 Å². The van der Waals surface area contributed by atoms with Gasteiger partial charge >= 0.3 is 0 Å². The fraction of sp³-hybridized carbons (Fsp3) is 0.467. The van der Waals surface area contributed by atoms with Gasteiger partial charge in [-0.1, -0.05) is 19.9 Å². The van der Waals surface area contributed by atoms with Crippen LogP contribution in [0, 0.1) is 27.6 Å². The third-order valence-electron chi connectivity index (χ3n) is 14.6. The van der Waals surface area contributed by atoms with Crippen LogP contribution in [0.25, 0.3) is 11.6 Å². The molecular weight excluding hydrogens is 716 g/mol. The summed E-state index contributed by atoms with van der Waals surface area (Å²) < 4.78 is 39.4. The maximum atomic E-state index is 14.0.